The van der Waals surface area contributed by atoms with E-state index in [4.69, 9.17) is 21.4 Å². The van der Waals surface area contributed by atoms with E-state index in [-0.39, 0.29) is 5.89 Å². The number of aromatic nitrogens is 4. The lowest BCUT2D eigenvalue weighted by Gasteiger charge is -1.96. The number of hydrogen-bond acceptors (Lipinski definition) is 5. The molecule has 0 fully saturated rings. The van der Waals surface area contributed by atoms with Crippen molar-refractivity contribution < 1.29 is 4.52 Å². The van der Waals surface area contributed by atoms with Gasteiger partial charge in [-0.1, -0.05) is 28.9 Å². The van der Waals surface area contributed by atoms with Crippen molar-refractivity contribution in [1.82, 2.24) is 20.3 Å². The predicted octanol–water partition coefficient (Wildman–Crippen LogP) is 2.58. The van der Waals surface area contributed by atoms with Gasteiger partial charge in [0, 0.05) is 11.4 Å². The van der Waals surface area contributed by atoms with E-state index in [0.717, 1.165) is 5.56 Å². The highest BCUT2D eigenvalue weighted by atomic mass is 35.5. The van der Waals surface area contributed by atoms with Crippen LogP contribution in [0, 0.1) is 11.3 Å². The third kappa shape index (κ3) is 2.39. The lowest BCUT2D eigenvalue weighted by Crippen LogP contribution is -1.90. The van der Waals surface area contributed by atoms with Crippen molar-refractivity contribution >= 4 is 11.6 Å². The van der Waals surface area contributed by atoms with E-state index in [1.54, 1.807) is 6.07 Å². The van der Waals surface area contributed by atoms with E-state index < -0.39 is 0 Å². The molecule has 20 heavy (non-hydrogen) atoms. The average molecular weight is 286 g/mol. The minimum Gasteiger partial charge on any atom is -0.334 e. The zero-order chi connectivity index (χ0) is 13.9. The van der Waals surface area contributed by atoms with Crippen LogP contribution >= 0.6 is 11.6 Å². The first-order valence-electron chi connectivity index (χ1n) is 5.77. The zero-order valence-electron chi connectivity index (χ0n) is 10.2. The molecule has 0 spiro atoms. The van der Waals surface area contributed by atoms with Crippen LogP contribution in [0.4, 0.5) is 0 Å². The second-order valence-electron chi connectivity index (χ2n) is 4.09. The molecule has 0 saturated heterocycles. The molecule has 3 aromatic rings. The number of aromatic amines is 1. The molecule has 0 aliphatic carbocycles. The Labute approximate surface area is 119 Å². The van der Waals surface area contributed by atoms with Gasteiger partial charge < -0.3 is 4.52 Å². The fourth-order valence-corrected chi connectivity index (χ4v) is 2.01. The van der Waals surface area contributed by atoms with Crippen LogP contribution in [0.15, 0.2) is 35.0 Å². The third-order valence-corrected chi connectivity index (χ3v) is 2.94. The van der Waals surface area contributed by atoms with Gasteiger partial charge in [0.15, 0.2) is 5.82 Å². The average Bonchev–Trinajstić information content (AvgIpc) is 3.06. The first kappa shape index (κ1) is 12.4. The van der Waals surface area contributed by atoms with Gasteiger partial charge in [-0.05, 0) is 17.7 Å². The Hall–Kier alpha value is -2.65. The van der Waals surface area contributed by atoms with E-state index in [1.165, 1.54) is 6.20 Å². The fraction of sp³-hybridized carbons (Fsp3) is 0.0769. The van der Waals surface area contributed by atoms with Gasteiger partial charge in [0.25, 0.3) is 5.89 Å². The van der Waals surface area contributed by atoms with Gasteiger partial charge in [0.1, 0.15) is 11.8 Å². The molecular weight excluding hydrogens is 278 g/mol. The summed E-state index contributed by atoms with van der Waals surface area (Å²) in [6, 6.07) is 9.42. The first-order chi connectivity index (χ1) is 9.76. The number of rotatable bonds is 3. The Morgan fingerprint density at radius 1 is 1.40 bits per heavy atom. The van der Waals surface area contributed by atoms with Gasteiger partial charge in [-0.2, -0.15) is 15.3 Å². The maximum atomic E-state index is 8.92. The van der Waals surface area contributed by atoms with E-state index in [0.29, 0.717) is 28.5 Å². The molecule has 0 radical (unpaired) electrons. The lowest BCUT2D eigenvalue weighted by molar-refractivity contribution is 0.424. The van der Waals surface area contributed by atoms with Gasteiger partial charge in [0.05, 0.1) is 11.8 Å². The Balaban J connectivity index is 1.86. The predicted molar refractivity (Wildman–Crippen MR) is 70.9 cm³/mol. The molecule has 1 N–H and O–H groups in total. The third-order valence-electron chi connectivity index (χ3n) is 2.70. The molecule has 7 heteroatoms. The first-order valence-corrected chi connectivity index (χ1v) is 6.15. The minimum atomic E-state index is 0.271. The van der Waals surface area contributed by atoms with E-state index in [1.807, 2.05) is 24.3 Å². The van der Waals surface area contributed by atoms with E-state index >= 15 is 0 Å². The summed E-state index contributed by atoms with van der Waals surface area (Å²) >= 11 is 5.92. The molecule has 0 unspecified atom stereocenters. The number of hydrogen-bond donors (Lipinski definition) is 1. The number of nitrogens with one attached hydrogen (secondary N) is 1. The summed E-state index contributed by atoms with van der Waals surface area (Å²) in [5.74, 6) is 0.791. The number of nitrogens with zero attached hydrogens (tertiary/aromatic N) is 4. The van der Waals surface area contributed by atoms with E-state index in [9.17, 15) is 0 Å². The second-order valence-corrected chi connectivity index (χ2v) is 4.53. The molecule has 2 heterocycles. The van der Waals surface area contributed by atoms with Crippen molar-refractivity contribution in [3.05, 3.63) is 52.6 Å². The molecule has 0 atom stereocenters. The normalized spacial score (nSPS) is 10.4. The number of H-pyrrole nitrogens is 1. The van der Waals surface area contributed by atoms with Crippen LogP contribution in [0.5, 0.6) is 0 Å². The van der Waals surface area contributed by atoms with Crippen LogP contribution < -0.4 is 0 Å². The SMILES string of the molecule is N#Cc1[nH]ncc1-c1nc(Cc2cccc(Cl)c2)no1. The summed E-state index contributed by atoms with van der Waals surface area (Å²) in [6.45, 7) is 0. The van der Waals surface area contributed by atoms with E-state index in [2.05, 4.69) is 20.3 Å². The molecule has 0 saturated carbocycles. The maximum Gasteiger partial charge on any atom is 0.262 e. The Bertz CT molecular complexity index is 786. The van der Waals surface area contributed by atoms with Crippen LogP contribution in [0.25, 0.3) is 11.5 Å². The molecule has 0 aliphatic heterocycles. The van der Waals surface area contributed by atoms with Crippen molar-refractivity contribution in [3.63, 3.8) is 0 Å². The van der Waals surface area contributed by atoms with Crippen LogP contribution in [0.2, 0.25) is 5.02 Å². The second kappa shape index (κ2) is 5.15. The molecule has 1 aromatic carbocycles. The monoisotopic (exact) mass is 285 g/mol. The highest BCUT2D eigenvalue weighted by Gasteiger charge is 2.15. The molecular formula is C13H8ClN5O. The Morgan fingerprint density at radius 3 is 3.10 bits per heavy atom. The summed E-state index contributed by atoms with van der Waals surface area (Å²) in [4.78, 5) is 4.25. The van der Waals surface area contributed by atoms with Crippen LogP contribution in [-0.4, -0.2) is 20.3 Å². The largest absolute Gasteiger partial charge is 0.334 e. The number of halogens is 1. The standard InChI is InChI=1S/C13H8ClN5O/c14-9-3-1-2-8(4-9)5-12-17-13(20-19-12)10-7-16-18-11(10)6-15/h1-4,7H,5H2,(H,16,18). The van der Waals surface area contributed by atoms with Crippen molar-refractivity contribution in [2.75, 3.05) is 0 Å². The van der Waals surface area contributed by atoms with Crippen LogP contribution in [-0.2, 0) is 6.42 Å². The van der Waals surface area contributed by atoms with Crippen molar-refractivity contribution in [2.24, 2.45) is 0 Å². The van der Waals surface area contributed by atoms with Crippen molar-refractivity contribution in [3.8, 4) is 17.5 Å². The summed E-state index contributed by atoms with van der Waals surface area (Å²) in [5.41, 5.74) is 1.78. The number of nitriles is 1. The highest BCUT2D eigenvalue weighted by molar-refractivity contribution is 6.30. The molecule has 0 aliphatic rings. The molecule has 3 rings (SSSR count). The van der Waals surface area contributed by atoms with Crippen molar-refractivity contribution in [2.45, 2.75) is 6.42 Å². The van der Waals surface area contributed by atoms with Crippen LogP contribution in [0.1, 0.15) is 17.1 Å². The molecule has 2 aromatic heterocycles. The van der Waals surface area contributed by atoms with Gasteiger partial charge in [-0.3, -0.25) is 5.10 Å². The molecule has 6 nitrogen and oxygen atoms in total. The smallest absolute Gasteiger partial charge is 0.262 e. The fourth-order valence-electron chi connectivity index (χ4n) is 1.80. The Kier molecular flexibility index (Phi) is 3.19. The molecule has 98 valence electrons. The van der Waals surface area contributed by atoms with Gasteiger partial charge in [-0.25, -0.2) is 0 Å². The minimum absolute atomic E-state index is 0.271. The summed E-state index contributed by atoms with van der Waals surface area (Å²) in [6.07, 6.45) is 1.99. The number of benzene rings is 1. The summed E-state index contributed by atoms with van der Waals surface area (Å²) in [5, 5.41) is 19.8. The summed E-state index contributed by atoms with van der Waals surface area (Å²) in [7, 11) is 0. The lowest BCUT2D eigenvalue weighted by atomic mass is 10.1. The topological polar surface area (TPSA) is 91.4 Å². The Morgan fingerprint density at radius 2 is 2.30 bits per heavy atom. The molecule has 0 amide bonds. The maximum absolute atomic E-state index is 8.92. The summed E-state index contributed by atoms with van der Waals surface area (Å²) < 4.78 is 5.15. The van der Waals surface area contributed by atoms with Gasteiger partial charge in [0.2, 0.25) is 0 Å². The van der Waals surface area contributed by atoms with Gasteiger partial charge in [-0.15, -0.1) is 0 Å². The van der Waals surface area contributed by atoms with Gasteiger partial charge >= 0.3 is 0 Å². The van der Waals surface area contributed by atoms with Crippen LogP contribution in [0.3, 0.4) is 0 Å². The zero-order valence-corrected chi connectivity index (χ0v) is 10.9. The molecule has 0 bridgehead atoms. The highest BCUT2D eigenvalue weighted by Crippen LogP contribution is 2.20. The van der Waals surface area contributed by atoms with Crippen molar-refractivity contribution in [1.29, 1.82) is 5.26 Å². The quantitative estimate of drug-likeness (QED) is 0.798.